The van der Waals surface area contributed by atoms with Crippen molar-refractivity contribution in [3.63, 3.8) is 0 Å². The molecular weight excluding hydrogens is 744 g/mol. The first-order chi connectivity index (χ1) is 18.2. The molecule has 1 atom stereocenters. The van der Waals surface area contributed by atoms with Gasteiger partial charge in [-0.15, -0.1) is 11.3 Å². The molecule has 6 nitrogen and oxygen atoms in total. The van der Waals surface area contributed by atoms with E-state index in [0.717, 1.165) is 23.3 Å². The molecule has 1 N–H and O–H groups in total. The number of benzene rings is 2. The lowest BCUT2D eigenvalue weighted by Crippen LogP contribution is -2.40. The van der Waals surface area contributed by atoms with Gasteiger partial charge >= 0.3 is 0 Å². The van der Waals surface area contributed by atoms with Crippen molar-refractivity contribution in [1.82, 2.24) is 4.57 Å². The summed E-state index contributed by atoms with van der Waals surface area (Å²) in [6.45, 7) is 5.83. The zero-order valence-electron chi connectivity index (χ0n) is 20.7. The van der Waals surface area contributed by atoms with Crippen LogP contribution in [0, 0.1) is 7.14 Å². The minimum atomic E-state index is -0.556. The van der Waals surface area contributed by atoms with Gasteiger partial charge in [0.2, 0.25) is 0 Å². The Hall–Kier alpha value is -2.29. The van der Waals surface area contributed by atoms with E-state index in [9.17, 15) is 9.59 Å². The largest absolute Gasteiger partial charge is 0.489 e. The van der Waals surface area contributed by atoms with Crippen molar-refractivity contribution in [2.45, 2.75) is 32.9 Å². The summed E-state index contributed by atoms with van der Waals surface area (Å²) in [4.78, 5) is 33.6. The number of thiophene rings is 1. The van der Waals surface area contributed by atoms with E-state index in [4.69, 9.17) is 9.73 Å². The topological polar surface area (TPSA) is 72.7 Å². The number of fused-ring (bicyclic) bond motifs is 1. The zero-order chi connectivity index (χ0) is 27.0. The lowest BCUT2D eigenvalue weighted by atomic mass is 10.0. The third-order valence-electron chi connectivity index (χ3n) is 5.78. The molecule has 2 aromatic carbocycles. The first-order valence-electron chi connectivity index (χ1n) is 11.8. The van der Waals surface area contributed by atoms with E-state index in [-0.39, 0.29) is 17.6 Å². The van der Waals surface area contributed by atoms with Crippen molar-refractivity contribution in [3.8, 4) is 5.75 Å². The van der Waals surface area contributed by atoms with Crippen LogP contribution in [0.3, 0.4) is 0 Å². The number of hydrogen-bond donors (Lipinski definition) is 1. The van der Waals surface area contributed by atoms with Crippen LogP contribution in [-0.4, -0.2) is 16.6 Å². The number of nitrogens with one attached hydrogen (secondary N) is 1. The number of amides is 1. The summed E-state index contributed by atoms with van der Waals surface area (Å²) < 4.78 is 10.1. The average Bonchev–Trinajstić information content (AvgIpc) is 3.50. The number of ether oxygens (including phenoxy) is 1. The van der Waals surface area contributed by atoms with Crippen molar-refractivity contribution in [2.24, 2.45) is 4.99 Å². The summed E-state index contributed by atoms with van der Waals surface area (Å²) in [6.07, 6.45) is 1.96. The maximum Gasteiger partial charge on any atom is 0.271 e. The van der Waals surface area contributed by atoms with Gasteiger partial charge in [0.1, 0.15) is 11.8 Å². The maximum atomic E-state index is 13.8. The lowest BCUT2D eigenvalue weighted by Gasteiger charge is -2.24. The van der Waals surface area contributed by atoms with Gasteiger partial charge in [-0.25, -0.2) is 4.99 Å². The average molecular weight is 767 g/mol. The molecule has 38 heavy (non-hydrogen) atoms. The lowest BCUT2D eigenvalue weighted by molar-refractivity contribution is -0.113. The summed E-state index contributed by atoms with van der Waals surface area (Å²) in [6, 6.07) is 16.7. The molecule has 1 aliphatic heterocycles. The summed E-state index contributed by atoms with van der Waals surface area (Å²) in [5.74, 6) is 0.581. The Labute approximate surface area is 255 Å². The third kappa shape index (κ3) is 5.54. The Morgan fingerprint density at radius 1 is 1.13 bits per heavy atom. The van der Waals surface area contributed by atoms with Gasteiger partial charge in [-0.1, -0.05) is 35.6 Å². The number of nitrogens with zero attached hydrogens (tertiary/aromatic N) is 2. The maximum absolute atomic E-state index is 13.8. The molecule has 0 unspecified atom stereocenters. The highest BCUT2D eigenvalue weighted by Crippen LogP contribution is 2.33. The third-order valence-corrected chi connectivity index (χ3v) is 9.29. The van der Waals surface area contributed by atoms with Gasteiger partial charge in [0, 0.05) is 10.6 Å². The van der Waals surface area contributed by atoms with E-state index < -0.39 is 6.04 Å². The van der Waals surface area contributed by atoms with Gasteiger partial charge in [0.05, 0.1) is 29.0 Å². The van der Waals surface area contributed by atoms with Gasteiger partial charge < -0.3 is 10.1 Å². The van der Waals surface area contributed by atoms with Crippen molar-refractivity contribution in [2.75, 3.05) is 5.32 Å². The molecule has 4 aromatic rings. The molecule has 0 fully saturated rings. The molecule has 1 aliphatic rings. The smallest absolute Gasteiger partial charge is 0.271 e. The number of rotatable bonds is 6. The van der Waals surface area contributed by atoms with E-state index in [0.29, 0.717) is 26.3 Å². The molecule has 0 bridgehead atoms. The first kappa shape index (κ1) is 27.3. The van der Waals surface area contributed by atoms with Crippen LogP contribution in [0.1, 0.15) is 37.3 Å². The minimum Gasteiger partial charge on any atom is -0.489 e. The second kappa shape index (κ2) is 11.4. The second-order valence-corrected chi connectivity index (χ2v) is 13.2. The van der Waals surface area contributed by atoms with E-state index in [2.05, 4.69) is 50.5 Å². The molecule has 0 spiro atoms. The monoisotopic (exact) mass is 767 g/mol. The van der Waals surface area contributed by atoms with Crippen LogP contribution >= 0.6 is 67.9 Å². The Morgan fingerprint density at radius 3 is 2.47 bits per heavy atom. The normalized spacial score (nSPS) is 15.4. The molecule has 5 rings (SSSR count). The predicted octanol–water partition coefficient (Wildman–Crippen LogP) is 5.93. The van der Waals surface area contributed by atoms with Gasteiger partial charge in [-0.05, 0) is 113 Å². The SMILES string of the molecule is CC1=C(C(=O)Nc2ccccc2)[C@H](c2cccs2)n2c(s/c(=C/c3cc(I)c(OC(C)C)c(I)c3)c2=O)=N1. The van der Waals surface area contributed by atoms with E-state index in [1.54, 1.807) is 4.57 Å². The quantitative estimate of drug-likeness (QED) is 0.248. The fourth-order valence-corrected chi connectivity index (χ4v) is 8.15. The molecule has 0 aliphatic carbocycles. The highest BCUT2D eigenvalue weighted by atomic mass is 127. The Kier molecular flexibility index (Phi) is 8.22. The van der Waals surface area contributed by atoms with Gasteiger partial charge in [-0.3, -0.25) is 14.2 Å². The van der Waals surface area contributed by atoms with Gasteiger partial charge in [-0.2, -0.15) is 0 Å². The van der Waals surface area contributed by atoms with Crippen LogP contribution in [0.5, 0.6) is 5.75 Å². The van der Waals surface area contributed by atoms with E-state index in [1.807, 2.05) is 86.8 Å². The molecule has 194 valence electrons. The molecule has 1 amide bonds. The molecule has 0 radical (unpaired) electrons. The van der Waals surface area contributed by atoms with Crippen molar-refractivity contribution < 1.29 is 9.53 Å². The highest BCUT2D eigenvalue weighted by molar-refractivity contribution is 14.1. The van der Waals surface area contributed by atoms with Crippen molar-refractivity contribution in [1.29, 1.82) is 0 Å². The summed E-state index contributed by atoms with van der Waals surface area (Å²) in [5.41, 5.74) is 2.50. The van der Waals surface area contributed by atoms with Crippen molar-refractivity contribution in [3.05, 3.63) is 109 Å². The number of para-hydroxylation sites is 1. The number of anilines is 1. The Balaban J connectivity index is 1.61. The van der Waals surface area contributed by atoms with E-state index >= 15 is 0 Å². The molecule has 3 heterocycles. The van der Waals surface area contributed by atoms with Crippen LogP contribution < -0.4 is 24.9 Å². The number of carbonyl (C=O) groups is 1. The standard InChI is InChI=1S/C28H23I2N3O3S2/c1-15(2)36-25-19(29)12-17(13-20(25)30)14-22-27(35)33-24(21-10-7-11-37-21)23(16(3)31-28(33)38-22)26(34)32-18-8-5-4-6-9-18/h4-15,24H,1-3H3,(H,32,34)/b22-14+/t24-/m0/s1. The number of hydrogen-bond acceptors (Lipinski definition) is 6. The van der Waals surface area contributed by atoms with Gasteiger partial charge in [0.15, 0.2) is 4.80 Å². The van der Waals surface area contributed by atoms with Crippen LogP contribution in [-0.2, 0) is 4.79 Å². The minimum absolute atomic E-state index is 0.0698. The number of halogens is 2. The van der Waals surface area contributed by atoms with Crippen LogP contribution in [0.15, 0.2) is 81.0 Å². The molecule has 10 heteroatoms. The first-order valence-corrected chi connectivity index (χ1v) is 15.7. The Bertz CT molecular complexity index is 1700. The number of allylic oxidation sites excluding steroid dienone is 1. The fourth-order valence-electron chi connectivity index (χ4n) is 4.21. The van der Waals surface area contributed by atoms with Crippen LogP contribution in [0.2, 0.25) is 0 Å². The number of carbonyl (C=O) groups excluding carboxylic acids is 1. The van der Waals surface area contributed by atoms with E-state index in [1.165, 1.54) is 22.7 Å². The van der Waals surface area contributed by atoms with Gasteiger partial charge in [0.25, 0.3) is 11.5 Å². The highest BCUT2D eigenvalue weighted by Gasteiger charge is 2.33. The van der Waals surface area contributed by atoms with Crippen LogP contribution in [0.25, 0.3) is 6.08 Å². The second-order valence-electron chi connectivity index (χ2n) is 8.90. The molecular formula is C28H23I2N3O3S2. The number of aromatic nitrogens is 1. The molecule has 2 aromatic heterocycles. The molecule has 0 saturated carbocycles. The van der Waals surface area contributed by atoms with Crippen LogP contribution in [0.4, 0.5) is 5.69 Å². The summed E-state index contributed by atoms with van der Waals surface area (Å²) in [7, 11) is 0. The fraction of sp³-hybridized carbons (Fsp3) is 0.179. The zero-order valence-corrected chi connectivity index (χ0v) is 26.6. The van der Waals surface area contributed by atoms with Crippen molar-refractivity contribution >= 4 is 85.5 Å². The predicted molar refractivity (Wildman–Crippen MR) is 171 cm³/mol. The molecule has 0 saturated heterocycles. The summed E-state index contributed by atoms with van der Waals surface area (Å²) in [5, 5.41) is 4.93. The Morgan fingerprint density at radius 2 is 1.84 bits per heavy atom. The number of thiazole rings is 1. The summed E-state index contributed by atoms with van der Waals surface area (Å²) >= 11 is 7.39.